The average molecular weight is 540 g/mol. The number of anilines is 2. The summed E-state index contributed by atoms with van der Waals surface area (Å²) in [6.07, 6.45) is 0. The van der Waals surface area contributed by atoms with E-state index in [1.165, 1.54) is 40.3 Å². The summed E-state index contributed by atoms with van der Waals surface area (Å²) in [6, 6.07) is 12.5. The van der Waals surface area contributed by atoms with Gasteiger partial charge < -0.3 is 5.32 Å². The second kappa shape index (κ2) is 11.8. The number of carbonyl (C=O) groups excluding carboxylic acids is 2. The predicted molar refractivity (Wildman–Crippen MR) is 135 cm³/mol. The number of hydrogen-bond acceptors (Lipinski definition) is 8. The van der Waals surface area contributed by atoms with Gasteiger partial charge in [-0.2, -0.15) is 4.31 Å². The molecule has 0 unspecified atom stereocenters. The molecule has 1 aromatic heterocycles. The van der Waals surface area contributed by atoms with E-state index in [1.54, 1.807) is 38.1 Å². The van der Waals surface area contributed by atoms with Gasteiger partial charge >= 0.3 is 0 Å². The molecule has 2 amide bonds. The van der Waals surface area contributed by atoms with Gasteiger partial charge in [-0.1, -0.05) is 48.5 Å². The Morgan fingerprint density at radius 3 is 2.26 bits per heavy atom. The standard InChI is InChI=1S/C21H22ClN5O4S3/c1-3-27(4-2)34(30,31)17-11-5-14(6-12-17)19(29)24-20-25-26-21(33-20)32-13-18(28)23-16-9-7-15(22)8-10-16/h5-12H,3-4,13H2,1-2H3,(H,23,28)(H,24,25,29). The Bertz CT molecular complexity index is 1240. The first-order valence-corrected chi connectivity index (χ1v) is 13.8. The molecule has 0 aliphatic heterocycles. The number of aromatic nitrogens is 2. The van der Waals surface area contributed by atoms with Crippen molar-refractivity contribution in [1.29, 1.82) is 0 Å². The number of thioether (sulfide) groups is 1. The fraction of sp³-hybridized carbons (Fsp3) is 0.238. The van der Waals surface area contributed by atoms with Crippen LogP contribution in [0.3, 0.4) is 0 Å². The van der Waals surface area contributed by atoms with Crippen molar-refractivity contribution < 1.29 is 18.0 Å². The molecule has 9 nitrogen and oxygen atoms in total. The van der Waals surface area contributed by atoms with Crippen LogP contribution in [0.2, 0.25) is 5.02 Å². The van der Waals surface area contributed by atoms with Crippen LogP contribution in [0.5, 0.6) is 0 Å². The molecule has 2 aromatic carbocycles. The molecule has 3 aromatic rings. The number of hydrogen-bond donors (Lipinski definition) is 2. The first-order valence-electron chi connectivity index (χ1n) is 10.2. The third-order valence-electron chi connectivity index (χ3n) is 4.54. The summed E-state index contributed by atoms with van der Waals surface area (Å²) >= 11 is 8.15. The third-order valence-corrected chi connectivity index (χ3v) is 8.83. The van der Waals surface area contributed by atoms with Gasteiger partial charge in [-0.05, 0) is 48.5 Å². The summed E-state index contributed by atoms with van der Waals surface area (Å²) in [6.45, 7) is 4.26. The molecule has 1 heterocycles. The third kappa shape index (κ3) is 6.76. The molecular weight excluding hydrogens is 518 g/mol. The van der Waals surface area contributed by atoms with Gasteiger partial charge in [-0.15, -0.1) is 10.2 Å². The minimum atomic E-state index is -3.59. The molecule has 0 atom stereocenters. The molecule has 0 saturated carbocycles. The quantitative estimate of drug-likeness (QED) is 0.292. The summed E-state index contributed by atoms with van der Waals surface area (Å²) < 4.78 is 27.0. The Labute approximate surface area is 211 Å². The van der Waals surface area contributed by atoms with Crippen LogP contribution in [0.4, 0.5) is 10.8 Å². The average Bonchev–Trinajstić information content (AvgIpc) is 3.27. The van der Waals surface area contributed by atoms with E-state index in [0.717, 1.165) is 11.3 Å². The van der Waals surface area contributed by atoms with Gasteiger partial charge in [0.25, 0.3) is 5.91 Å². The Morgan fingerprint density at radius 1 is 1.00 bits per heavy atom. The monoisotopic (exact) mass is 539 g/mol. The number of nitrogens with one attached hydrogen (secondary N) is 2. The van der Waals surface area contributed by atoms with E-state index in [1.807, 2.05) is 0 Å². The number of sulfonamides is 1. The van der Waals surface area contributed by atoms with E-state index in [-0.39, 0.29) is 27.3 Å². The molecule has 0 radical (unpaired) electrons. The SMILES string of the molecule is CCN(CC)S(=O)(=O)c1ccc(C(=O)Nc2nnc(SCC(=O)Nc3ccc(Cl)cc3)s2)cc1. The van der Waals surface area contributed by atoms with Crippen LogP contribution in [-0.2, 0) is 14.8 Å². The highest BCUT2D eigenvalue weighted by Crippen LogP contribution is 2.26. The fourth-order valence-corrected chi connectivity index (χ4v) is 5.97. The van der Waals surface area contributed by atoms with Crippen molar-refractivity contribution in [2.45, 2.75) is 23.1 Å². The van der Waals surface area contributed by atoms with E-state index in [0.29, 0.717) is 28.1 Å². The predicted octanol–water partition coefficient (Wildman–Crippen LogP) is 4.21. The van der Waals surface area contributed by atoms with Crippen molar-refractivity contribution in [2.24, 2.45) is 0 Å². The number of carbonyl (C=O) groups is 2. The molecule has 0 bridgehead atoms. The summed E-state index contributed by atoms with van der Waals surface area (Å²) in [4.78, 5) is 24.7. The zero-order valence-corrected chi connectivity index (χ0v) is 21.5. The lowest BCUT2D eigenvalue weighted by Gasteiger charge is -2.18. The Hall–Kier alpha value is -2.51. The fourth-order valence-electron chi connectivity index (χ4n) is 2.84. The van der Waals surface area contributed by atoms with Gasteiger partial charge in [0, 0.05) is 29.4 Å². The van der Waals surface area contributed by atoms with E-state index >= 15 is 0 Å². The topological polar surface area (TPSA) is 121 Å². The molecule has 3 rings (SSSR count). The number of halogens is 1. The van der Waals surface area contributed by atoms with E-state index in [2.05, 4.69) is 20.8 Å². The molecule has 180 valence electrons. The first-order chi connectivity index (χ1) is 16.2. The summed E-state index contributed by atoms with van der Waals surface area (Å²) in [7, 11) is -3.59. The molecule has 34 heavy (non-hydrogen) atoms. The maximum atomic E-state index is 12.6. The lowest BCUT2D eigenvalue weighted by molar-refractivity contribution is -0.113. The Kier molecular flexibility index (Phi) is 9.03. The van der Waals surface area contributed by atoms with Crippen LogP contribution in [0.1, 0.15) is 24.2 Å². The van der Waals surface area contributed by atoms with Crippen molar-refractivity contribution in [3.8, 4) is 0 Å². The van der Waals surface area contributed by atoms with Gasteiger partial charge in [0.2, 0.25) is 21.1 Å². The molecular formula is C21H22ClN5O4S3. The molecule has 0 fully saturated rings. The molecule has 0 aliphatic rings. The highest BCUT2D eigenvalue weighted by atomic mass is 35.5. The zero-order valence-electron chi connectivity index (χ0n) is 18.3. The van der Waals surface area contributed by atoms with Crippen molar-refractivity contribution in [2.75, 3.05) is 29.5 Å². The molecule has 13 heteroatoms. The molecule has 0 aliphatic carbocycles. The largest absolute Gasteiger partial charge is 0.325 e. The van der Waals surface area contributed by atoms with Gasteiger partial charge in [0.1, 0.15) is 0 Å². The smallest absolute Gasteiger partial charge is 0.257 e. The van der Waals surface area contributed by atoms with Crippen molar-refractivity contribution in [1.82, 2.24) is 14.5 Å². The van der Waals surface area contributed by atoms with Crippen LogP contribution in [-0.4, -0.2) is 53.6 Å². The number of rotatable bonds is 10. The summed E-state index contributed by atoms with van der Waals surface area (Å²) in [5, 5.41) is 14.1. The molecule has 0 saturated heterocycles. The van der Waals surface area contributed by atoms with E-state index < -0.39 is 15.9 Å². The number of benzene rings is 2. The van der Waals surface area contributed by atoms with Crippen molar-refractivity contribution in [3.63, 3.8) is 0 Å². The van der Waals surface area contributed by atoms with Gasteiger partial charge in [-0.25, -0.2) is 8.42 Å². The van der Waals surface area contributed by atoms with Crippen LogP contribution in [0.25, 0.3) is 0 Å². The maximum Gasteiger partial charge on any atom is 0.257 e. The summed E-state index contributed by atoms with van der Waals surface area (Å²) in [5.41, 5.74) is 0.918. The van der Waals surface area contributed by atoms with Crippen molar-refractivity contribution in [3.05, 3.63) is 59.1 Å². The van der Waals surface area contributed by atoms with E-state index in [9.17, 15) is 18.0 Å². The van der Waals surface area contributed by atoms with E-state index in [4.69, 9.17) is 11.6 Å². The van der Waals surface area contributed by atoms with Crippen LogP contribution in [0.15, 0.2) is 57.8 Å². The number of nitrogens with zero attached hydrogens (tertiary/aromatic N) is 3. The zero-order chi connectivity index (χ0) is 24.7. The minimum Gasteiger partial charge on any atom is -0.325 e. The lowest BCUT2D eigenvalue weighted by Crippen LogP contribution is -2.30. The highest BCUT2D eigenvalue weighted by molar-refractivity contribution is 8.01. The summed E-state index contributed by atoms with van der Waals surface area (Å²) in [5.74, 6) is -0.541. The molecule has 2 N–H and O–H groups in total. The van der Waals surface area contributed by atoms with Crippen molar-refractivity contribution >= 4 is 67.4 Å². The van der Waals surface area contributed by atoms with Gasteiger partial charge in [-0.3, -0.25) is 14.9 Å². The Morgan fingerprint density at radius 2 is 1.65 bits per heavy atom. The second-order valence-corrected chi connectivity index (χ2v) is 11.4. The van der Waals surface area contributed by atoms with Gasteiger partial charge in [0.15, 0.2) is 4.34 Å². The van der Waals surface area contributed by atoms with Crippen LogP contribution < -0.4 is 10.6 Å². The maximum absolute atomic E-state index is 12.6. The van der Waals surface area contributed by atoms with Gasteiger partial charge in [0.05, 0.1) is 10.6 Å². The van der Waals surface area contributed by atoms with Crippen LogP contribution >= 0.6 is 34.7 Å². The van der Waals surface area contributed by atoms with Crippen LogP contribution in [0, 0.1) is 0 Å². The number of amides is 2. The minimum absolute atomic E-state index is 0.119. The highest BCUT2D eigenvalue weighted by Gasteiger charge is 2.22. The molecule has 0 spiro atoms. The Balaban J connectivity index is 1.54. The lowest BCUT2D eigenvalue weighted by atomic mass is 10.2. The second-order valence-electron chi connectivity index (χ2n) is 6.78. The normalized spacial score (nSPS) is 11.4. The first kappa shape index (κ1) is 26.1.